The van der Waals surface area contributed by atoms with Gasteiger partial charge in [-0.1, -0.05) is 19.1 Å². The van der Waals surface area contributed by atoms with Crippen molar-refractivity contribution in [2.45, 2.75) is 62.7 Å². The number of rotatable bonds is 5. The maximum absolute atomic E-state index is 13.5. The number of alkyl halides is 3. The first-order valence-corrected chi connectivity index (χ1v) is 12.8. The number of pyridine rings is 1. The molecule has 8 nitrogen and oxygen atoms in total. The van der Waals surface area contributed by atoms with Gasteiger partial charge in [-0.25, -0.2) is 19.3 Å². The smallest absolute Gasteiger partial charge is 0.324 e. The van der Waals surface area contributed by atoms with E-state index in [0.29, 0.717) is 4.68 Å². The van der Waals surface area contributed by atoms with Gasteiger partial charge in [0, 0.05) is 41.5 Å². The molecule has 0 saturated heterocycles. The molecule has 0 bridgehead atoms. The number of benzene rings is 1. The van der Waals surface area contributed by atoms with E-state index in [1.807, 2.05) is 12.1 Å². The Kier molecular flexibility index (Phi) is 4.86. The highest BCUT2D eigenvalue weighted by Crippen LogP contribution is 2.51. The first kappa shape index (κ1) is 23.4. The molecule has 1 aliphatic heterocycles. The van der Waals surface area contributed by atoms with Crippen LogP contribution in [0.5, 0.6) is 0 Å². The summed E-state index contributed by atoms with van der Waals surface area (Å²) in [5.74, 6) is 0.400. The van der Waals surface area contributed by atoms with E-state index in [4.69, 9.17) is 0 Å². The standard InChI is InChI=1S/C27H26F3N7O/c1-25(7-8-25)20-3-2-4-21(34-20)37-22-18(23(38)36(37)15-27(28,29)30)13-32-24(35-22)33-17-5-6-19-16(11-17)12-31-14-26(19)9-10-26/h2-6,11,13,31H,7-10,12,14-15H2,1H3,(H,32,33,35). The number of hydrogen-bond acceptors (Lipinski definition) is 6. The number of aromatic nitrogens is 5. The lowest BCUT2D eigenvalue weighted by Gasteiger charge is -2.26. The molecule has 3 aliphatic rings. The molecule has 0 radical (unpaired) electrons. The summed E-state index contributed by atoms with van der Waals surface area (Å²) < 4.78 is 42.4. The van der Waals surface area contributed by atoms with Gasteiger partial charge in [-0.15, -0.1) is 0 Å². The number of hydrogen-bond donors (Lipinski definition) is 2. The number of anilines is 2. The highest BCUT2D eigenvalue weighted by molar-refractivity contribution is 5.77. The minimum Gasteiger partial charge on any atom is -0.324 e. The second-order valence-electron chi connectivity index (χ2n) is 11.0. The van der Waals surface area contributed by atoms with Gasteiger partial charge in [-0.2, -0.15) is 18.2 Å². The van der Waals surface area contributed by atoms with Crippen LogP contribution < -0.4 is 16.2 Å². The van der Waals surface area contributed by atoms with Crippen molar-refractivity contribution in [3.63, 3.8) is 0 Å². The quantitative estimate of drug-likeness (QED) is 0.403. The molecule has 4 heterocycles. The van der Waals surface area contributed by atoms with Crippen LogP contribution >= 0.6 is 0 Å². The molecule has 38 heavy (non-hydrogen) atoms. The Morgan fingerprint density at radius 1 is 1.11 bits per heavy atom. The second-order valence-corrected chi connectivity index (χ2v) is 11.0. The van der Waals surface area contributed by atoms with Gasteiger partial charge in [0.25, 0.3) is 5.56 Å². The minimum atomic E-state index is -4.61. The highest BCUT2D eigenvalue weighted by Gasteiger charge is 2.46. The van der Waals surface area contributed by atoms with Crippen molar-refractivity contribution in [3.05, 3.63) is 69.8 Å². The molecular weight excluding hydrogens is 495 g/mol. The molecular formula is C27H26F3N7O. The summed E-state index contributed by atoms with van der Waals surface area (Å²) in [4.78, 5) is 26.5. The molecule has 1 spiro atoms. The van der Waals surface area contributed by atoms with E-state index in [-0.39, 0.29) is 33.6 Å². The maximum Gasteiger partial charge on any atom is 0.408 e. The lowest BCUT2D eigenvalue weighted by molar-refractivity contribution is -0.144. The average molecular weight is 522 g/mol. The van der Waals surface area contributed by atoms with Gasteiger partial charge in [-0.05, 0) is 61.1 Å². The third kappa shape index (κ3) is 3.87. The molecule has 4 aromatic rings. The van der Waals surface area contributed by atoms with E-state index >= 15 is 0 Å². The Hall–Kier alpha value is -3.73. The van der Waals surface area contributed by atoms with E-state index in [1.54, 1.807) is 12.1 Å². The van der Waals surface area contributed by atoms with Crippen LogP contribution in [0.4, 0.5) is 24.8 Å². The van der Waals surface area contributed by atoms with Crippen LogP contribution in [0.15, 0.2) is 47.4 Å². The highest BCUT2D eigenvalue weighted by atomic mass is 19.4. The number of halogens is 3. The number of fused-ring (bicyclic) bond motifs is 3. The summed E-state index contributed by atoms with van der Waals surface area (Å²) in [6.45, 7) is 2.37. The largest absolute Gasteiger partial charge is 0.408 e. The third-order valence-corrected chi connectivity index (χ3v) is 8.14. The molecule has 2 N–H and O–H groups in total. The van der Waals surface area contributed by atoms with Crippen LogP contribution in [0, 0.1) is 0 Å². The molecule has 3 aromatic heterocycles. The Morgan fingerprint density at radius 3 is 2.66 bits per heavy atom. The molecule has 0 unspecified atom stereocenters. The molecule has 1 aromatic carbocycles. The van der Waals surface area contributed by atoms with Crippen LogP contribution in [0.2, 0.25) is 0 Å². The van der Waals surface area contributed by atoms with Crippen molar-refractivity contribution >= 4 is 22.7 Å². The van der Waals surface area contributed by atoms with Crippen molar-refractivity contribution in [1.82, 2.24) is 29.6 Å². The van der Waals surface area contributed by atoms with Crippen molar-refractivity contribution in [2.24, 2.45) is 0 Å². The summed E-state index contributed by atoms with van der Waals surface area (Å²) in [5, 5.41) is 6.66. The van der Waals surface area contributed by atoms with Gasteiger partial charge in [0.15, 0.2) is 11.5 Å². The Bertz CT molecular complexity index is 1650. The summed E-state index contributed by atoms with van der Waals surface area (Å²) in [6, 6.07) is 11.4. The molecule has 11 heteroatoms. The molecule has 0 amide bonds. The predicted molar refractivity (Wildman–Crippen MR) is 136 cm³/mol. The fraction of sp³-hybridized carbons (Fsp3) is 0.407. The summed E-state index contributed by atoms with van der Waals surface area (Å²) in [6.07, 6.45) is 0.945. The zero-order chi connectivity index (χ0) is 26.3. The second kappa shape index (κ2) is 7.89. The molecule has 0 atom stereocenters. The summed E-state index contributed by atoms with van der Waals surface area (Å²) in [5.41, 5.74) is 3.53. The maximum atomic E-state index is 13.5. The molecule has 2 aliphatic carbocycles. The summed E-state index contributed by atoms with van der Waals surface area (Å²) in [7, 11) is 0. The summed E-state index contributed by atoms with van der Waals surface area (Å²) >= 11 is 0. The van der Waals surface area contributed by atoms with Gasteiger partial charge in [0.05, 0.1) is 0 Å². The van der Waals surface area contributed by atoms with Gasteiger partial charge in [-0.3, -0.25) is 4.79 Å². The van der Waals surface area contributed by atoms with E-state index in [0.717, 1.165) is 37.3 Å². The Morgan fingerprint density at radius 2 is 1.92 bits per heavy atom. The lowest BCUT2D eigenvalue weighted by atomic mass is 9.88. The van der Waals surface area contributed by atoms with Gasteiger partial charge < -0.3 is 10.6 Å². The average Bonchev–Trinajstić information content (AvgIpc) is 3.80. The molecule has 196 valence electrons. The molecule has 2 saturated carbocycles. The first-order valence-electron chi connectivity index (χ1n) is 12.8. The predicted octanol–water partition coefficient (Wildman–Crippen LogP) is 4.47. The molecule has 7 rings (SSSR count). The zero-order valence-electron chi connectivity index (χ0n) is 20.8. The molecule has 2 fully saturated rings. The van der Waals surface area contributed by atoms with E-state index < -0.39 is 18.3 Å². The normalized spacial score (nSPS) is 18.9. The minimum absolute atomic E-state index is 0.00467. The van der Waals surface area contributed by atoms with Crippen molar-refractivity contribution in [1.29, 1.82) is 0 Å². The third-order valence-electron chi connectivity index (χ3n) is 8.14. The van der Waals surface area contributed by atoms with Crippen LogP contribution in [-0.4, -0.2) is 37.0 Å². The van der Waals surface area contributed by atoms with Crippen LogP contribution in [0.25, 0.3) is 16.9 Å². The lowest BCUT2D eigenvalue weighted by Crippen LogP contribution is -2.33. The topological polar surface area (TPSA) is 89.7 Å². The van der Waals surface area contributed by atoms with Gasteiger partial charge in [0.1, 0.15) is 11.9 Å². The fourth-order valence-electron chi connectivity index (χ4n) is 5.55. The van der Waals surface area contributed by atoms with Crippen LogP contribution in [-0.2, 0) is 23.9 Å². The van der Waals surface area contributed by atoms with E-state index in [9.17, 15) is 18.0 Å². The Balaban J connectivity index is 1.32. The van der Waals surface area contributed by atoms with Gasteiger partial charge in [0.2, 0.25) is 5.95 Å². The van der Waals surface area contributed by atoms with Crippen molar-refractivity contribution < 1.29 is 13.2 Å². The first-order chi connectivity index (χ1) is 18.1. The van der Waals surface area contributed by atoms with Gasteiger partial charge >= 0.3 is 6.18 Å². The van der Waals surface area contributed by atoms with Crippen LogP contribution in [0.3, 0.4) is 0 Å². The fourth-order valence-corrected chi connectivity index (χ4v) is 5.55. The van der Waals surface area contributed by atoms with E-state index in [1.165, 1.54) is 34.8 Å². The SMILES string of the molecule is CC1(c2cccc(-n3c4nc(Nc5ccc6c(c5)CNCC65CC5)ncc4c(=O)n3CC(F)(F)F)n2)CC1. The van der Waals surface area contributed by atoms with E-state index in [2.05, 4.69) is 44.6 Å². The Labute approximate surface area is 215 Å². The van der Waals surface area contributed by atoms with Crippen molar-refractivity contribution in [2.75, 3.05) is 11.9 Å². The monoisotopic (exact) mass is 521 g/mol. The number of nitrogens with one attached hydrogen (secondary N) is 2. The zero-order valence-corrected chi connectivity index (χ0v) is 20.8. The number of nitrogens with zero attached hydrogens (tertiary/aromatic N) is 5. The van der Waals surface area contributed by atoms with Crippen molar-refractivity contribution in [3.8, 4) is 5.82 Å². The van der Waals surface area contributed by atoms with Crippen LogP contribution in [0.1, 0.15) is 49.4 Å².